The van der Waals surface area contributed by atoms with Crippen LogP contribution in [0.4, 0.5) is 4.39 Å². The number of carbonyl (C=O) groups is 1. The molecule has 1 unspecified atom stereocenters. The molecule has 0 saturated heterocycles. The third-order valence-electron chi connectivity index (χ3n) is 3.52. The smallest absolute Gasteiger partial charge is 0.302 e. The number of carbonyl (C=O) groups excluding carboxylic acids is 1. The molecule has 0 N–H and O–H groups in total. The van der Waals surface area contributed by atoms with Gasteiger partial charge >= 0.3 is 5.97 Å². The minimum Gasteiger partial charge on any atom is -0.465 e. The maximum absolute atomic E-state index is 13.1. The normalized spacial score (nSPS) is 11.9. The van der Waals surface area contributed by atoms with E-state index in [9.17, 15) is 9.18 Å². The number of aromatic nitrogens is 2. The minimum atomic E-state index is -0.322. The van der Waals surface area contributed by atoms with Crippen LogP contribution in [0.3, 0.4) is 0 Å². The second-order valence-corrected chi connectivity index (χ2v) is 6.27. The highest BCUT2D eigenvalue weighted by Crippen LogP contribution is 2.33. The molecule has 0 aliphatic heterocycles. The number of hydrogen-bond donors (Lipinski definition) is 0. The van der Waals surface area contributed by atoms with E-state index in [2.05, 4.69) is 9.97 Å². The van der Waals surface area contributed by atoms with Crippen LogP contribution in [0.25, 0.3) is 10.6 Å². The number of hydrogen-bond acceptors (Lipinski definition) is 5. The molecule has 4 nitrogen and oxygen atoms in total. The SMILES string of the molecule is CC(=O)OCC(c1ccncc1)c1cnc(-c2ccc(F)cc2)s1. The van der Waals surface area contributed by atoms with Gasteiger partial charge in [0.25, 0.3) is 0 Å². The van der Waals surface area contributed by atoms with Gasteiger partial charge in [0.15, 0.2) is 0 Å². The average molecular weight is 342 g/mol. The first-order valence-electron chi connectivity index (χ1n) is 7.38. The summed E-state index contributed by atoms with van der Waals surface area (Å²) in [6.07, 6.45) is 5.19. The number of halogens is 1. The van der Waals surface area contributed by atoms with E-state index in [1.165, 1.54) is 30.4 Å². The first-order chi connectivity index (χ1) is 11.6. The summed E-state index contributed by atoms with van der Waals surface area (Å²) in [5.74, 6) is -0.707. The van der Waals surface area contributed by atoms with Crippen LogP contribution in [0.15, 0.2) is 55.0 Å². The van der Waals surface area contributed by atoms with Crippen molar-refractivity contribution in [2.24, 2.45) is 0 Å². The van der Waals surface area contributed by atoms with Crippen molar-refractivity contribution in [3.05, 3.63) is 71.2 Å². The van der Waals surface area contributed by atoms with Crippen molar-refractivity contribution in [2.75, 3.05) is 6.61 Å². The largest absolute Gasteiger partial charge is 0.465 e. The van der Waals surface area contributed by atoms with Gasteiger partial charge in [-0.2, -0.15) is 0 Å². The molecular formula is C18H15FN2O2S. The molecule has 122 valence electrons. The Morgan fingerprint density at radius 2 is 1.92 bits per heavy atom. The van der Waals surface area contributed by atoms with Crippen LogP contribution < -0.4 is 0 Å². The summed E-state index contributed by atoms with van der Waals surface area (Å²) in [4.78, 5) is 20.6. The molecule has 0 spiro atoms. The maximum Gasteiger partial charge on any atom is 0.302 e. The van der Waals surface area contributed by atoms with Gasteiger partial charge in [-0.25, -0.2) is 9.37 Å². The summed E-state index contributed by atoms with van der Waals surface area (Å²) in [5.41, 5.74) is 1.86. The van der Waals surface area contributed by atoms with Gasteiger partial charge in [0.2, 0.25) is 0 Å². The van der Waals surface area contributed by atoms with Crippen LogP contribution >= 0.6 is 11.3 Å². The molecule has 2 aromatic heterocycles. The number of esters is 1. The second-order valence-electron chi connectivity index (χ2n) is 5.21. The van der Waals surface area contributed by atoms with Crippen molar-refractivity contribution in [1.29, 1.82) is 0 Å². The number of nitrogens with zero attached hydrogens (tertiary/aromatic N) is 2. The van der Waals surface area contributed by atoms with Gasteiger partial charge in [0.05, 0.1) is 5.92 Å². The quantitative estimate of drug-likeness (QED) is 0.657. The summed E-state index contributed by atoms with van der Waals surface area (Å²) < 4.78 is 18.3. The zero-order chi connectivity index (χ0) is 16.9. The Balaban J connectivity index is 1.90. The summed E-state index contributed by atoms with van der Waals surface area (Å²) in [6.45, 7) is 1.63. The standard InChI is InChI=1S/C18H15FN2O2S/c1-12(22)23-11-16(13-6-8-20-9-7-13)17-10-21-18(24-17)14-2-4-15(19)5-3-14/h2-10,16H,11H2,1H3. The third-order valence-corrected chi connectivity index (χ3v) is 4.68. The zero-order valence-electron chi connectivity index (χ0n) is 13.0. The summed E-state index contributed by atoms with van der Waals surface area (Å²) in [5, 5.41) is 0.798. The summed E-state index contributed by atoms with van der Waals surface area (Å²) in [6, 6.07) is 10.0. The monoisotopic (exact) mass is 342 g/mol. The highest BCUT2D eigenvalue weighted by molar-refractivity contribution is 7.15. The first kappa shape index (κ1) is 16.3. The molecule has 0 fully saturated rings. The molecule has 2 heterocycles. The van der Waals surface area contributed by atoms with E-state index in [1.54, 1.807) is 30.7 Å². The molecule has 0 bridgehead atoms. The van der Waals surface area contributed by atoms with E-state index in [0.29, 0.717) is 0 Å². The van der Waals surface area contributed by atoms with Gasteiger partial charge in [-0.05, 0) is 42.0 Å². The maximum atomic E-state index is 13.1. The number of benzene rings is 1. The van der Waals surface area contributed by atoms with E-state index < -0.39 is 0 Å². The predicted molar refractivity (Wildman–Crippen MR) is 90.2 cm³/mol. The second kappa shape index (κ2) is 7.31. The fourth-order valence-electron chi connectivity index (χ4n) is 2.31. The molecule has 0 amide bonds. The molecule has 24 heavy (non-hydrogen) atoms. The van der Waals surface area contributed by atoms with E-state index in [0.717, 1.165) is 21.0 Å². The van der Waals surface area contributed by atoms with Gasteiger partial charge < -0.3 is 4.74 Å². The Morgan fingerprint density at radius 1 is 1.21 bits per heavy atom. The first-order valence-corrected chi connectivity index (χ1v) is 8.20. The molecule has 0 aliphatic rings. The highest BCUT2D eigenvalue weighted by atomic mass is 32.1. The molecule has 3 aromatic rings. The Morgan fingerprint density at radius 3 is 2.58 bits per heavy atom. The van der Waals surface area contributed by atoms with Crippen LogP contribution in [0.1, 0.15) is 23.3 Å². The highest BCUT2D eigenvalue weighted by Gasteiger charge is 2.19. The van der Waals surface area contributed by atoms with Crippen LogP contribution in [0.2, 0.25) is 0 Å². The molecule has 0 radical (unpaired) electrons. The Bertz CT molecular complexity index is 819. The molecule has 1 atom stereocenters. The van der Waals surface area contributed by atoms with Gasteiger partial charge in [0, 0.05) is 36.0 Å². The number of pyridine rings is 1. The van der Waals surface area contributed by atoms with Crippen LogP contribution in [0.5, 0.6) is 0 Å². The lowest BCUT2D eigenvalue weighted by Gasteiger charge is -2.14. The van der Waals surface area contributed by atoms with E-state index >= 15 is 0 Å². The lowest BCUT2D eigenvalue weighted by molar-refractivity contribution is -0.141. The van der Waals surface area contributed by atoms with Crippen molar-refractivity contribution in [2.45, 2.75) is 12.8 Å². The average Bonchev–Trinajstić information content (AvgIpc) is 3.06. The molecule has 3 rings (SSSR count). The van der Waals surface area contributed by atoms with Gasteiger partial charge in [-0.3, -0.25) is 9.78 Å². The number of rotatable bonds is 5. The molecule has 1 aromatic carbocycles. The van der Waals surface area contributed by atoms with Crippen molar-refractivity contribution in [3.8, 4) is 10.6 Å². The summed E-state index contributed by atoms with van der Waals surface area (Å²) >= 11 is 1.50. The van der Waals surface area contributed by atoms with Gasteiger partial charge in [0.1, 0.15) is 17.4 Å². The molecule has 0 aliphatic carbocycles. The Labute approximate surface area is 143 Å². The summed E-state index contributed by atoms with van der Waals surface area (Å²) in [7, 11) is 0. The van der Waals surface area contributed by atoms with Gasteiger partial charge in [-0.15, -0.1) is 11.3 Å². The van der Waals surface area contributed by atoms with Crippen LogP contribution in [0, 0.1) is 5.82 Å². The zero-order valence-corrected chi connectivity index (χ0v) is 13.8. The van der Waals surface area contributed by atoms with E-state index in [4.69, 9.17) is 4.74 Å². The van der Waals surface area contributed by atoms with Crippen molar-refractivity contribution >= 4 is 17.3 Å². The van der Waals surface area contributed by atoms with E-state index in [-0.39, 0.29) is 24.3 Å². The minimum absolute atomic E-state index is 0.108. The fraction of sp³-hybridized carbons (Fsp3) is 0.167. The van der Waals surface area contributed by atoms with E-state index in [1.807, 2.05) is 12.1 Å². The molecule has 0 saturated carbocycles. The fourth-order valence-corrected chi connectivity index (χ4v) is 3.35. The predicted octanol–water partition coefficient (Wildman–Crippen LogP) is 4.04. The topological polar surface area (TPSA) is 52.1 Å². The third kappa shape index (κ3) is 3.83. The van der Waals surface area contributed by atoms with Gasteiger partial charge in [-0.1, -0.05) is 0 Å². The number of thiazole rings is 1. The number of ether oxygens (including phenoxy) is 1. The van der Waals surface area contributed by atoms with Crippen LogP contribution in [-0.4, -0.2) is 22.5 Å². The van der Waals surface area contributed by atoms with Crippen molar-refractivity contribution < 1.29 is 13.9 Å². The Kier molecular flexibility index (Phi) is 4.96. The molecule has 6 heteroatoms. The van der Waals surface area contributed by atoms with Crippen LogP contribution in [-0.2, 0) is 9.53 Å². The van der Waals surface area contributed by atoms with Crippen molar-refractivity contribution in [1.82, 2.24) is 9.97 Å². The van der Waals surface area contributed by atoms with Crippen molar-refractivity contribution in [3.63, 3.8) is 0 Å². The Hall–Kier alpha value is -2.60. The molecular weight excluding hydrogens is 327 g/mol. The lowest BCUT2D eigenvalue weighted by Crippen LogP contribution is -2.11. The lowest BCUT2D eigenvalue weighted by atomic mass is 10.0.